The molecule has 7 heteroatoms. The predicted octanol–water partition coefficient (Wildman–Crippen LogP) is 2.53. The van der Waals surface area contributed by atoms with Crippen molar-refractivity contribution >= 4 is 23.6 Å². The molecule has 0 bridgehead atoms. The third-order valence-electron chi connectivity index (χ3n) is 2.77. The van der Waals surface area contributed by atoms with Crippen LogP contribution in [0.4, 0.5) is 5.69 Å². The number of benzene rings is 1. The Kier molecular flexibility index (Phi) is 3.07. The second kappa shape index (κ2) is 5.04. The van der Waals surface area contributed by atoms with Gasteiger partial charge in [-0.2, -0.15) is 0 Å². The largest absolute Gasteiger partial charge is 0.465 e. The lowest BCUT2D eigenvalue weighted by Gasteiger charge is -2.00. The van der Waals surface area contributed by atoms with Gasteiger partial charge in [-0.3, -0.25) is 10.1 Å². The van der Waals surface area contributed by atoms with Gasteiger partial charge in [-0.15, -0.1) is 0 Å². The number of para-hydroxylation sites is 1. The number of carbonyl (C=O) groups excluding carboxylic acids is 1. The predicted molar refractivity (Wildman–Crippen MR) is 72.4 cm³/mol. The van der Waals surface area contributed by atoms with Gasteiger partial charge in [0.1, 0.15) is 11.3 Å². The number of hydrogen-bond donors (Lipinski definition) is 0. The number of rotatable bonds is 3. The molecule has 0 radical (unpaired) electrons. The third-order valence-corrected chi connectivity index (χ3v) is 2.77. The summed E-state index contributed by atoms with van der Waals surface area (Å²) >= 11 is 0. The summed E-state index contributed by atoms with van der Waals surface area (Å²) in [7, 11) is 0. The molecule has 2 aromatic rings. The number of aliphatic imine (C=N–C) groups is 1. The van der Waals surface area contributed by atoms with Crippen LogP contribution in [0.25, 0.3) is 6.08 Å². The van der Waals surface area contributed by atoms with Gasteiger partial charge in [-0.05, 0) is 18.2 Å². The topological polar surface area (TPSA) is 94.9 Å². The molecule has 7 nitrogen and oxygen atoms in total. The zero-order valence-electron chi connectivity index (χ0n) is 10.6. The van der Waals surface area contributed by atoms with Gasteiger partial charge in [0.05, 0.1) is 11.2 Å². The maximum Gasteiger partial charge on any atom is 0.363 e. The van der Waals surface area contributed by atoms with Crippen molar-refractivity contribution in [3.05, 3.63) is 69.8 Å². The normalized spacial score (nSPS) is 15.9. The maximum atomic E-state index is 11.7. The molecule has 1 aromatic heterocycles. The first-order valence-electron chi connectivity index (χ1n) is 5.95. The molecule has 0 saturated carbocycles. The van der Waals surface area contributed by atoms with Crippen LogP contribution in [-0.4, -0.2) is 16.8 Å². The number of nitro benzene ring substituents is 1. The van der Waals surface area contributed by atoms with Gasteiger partial charge in [0.25, 0.3) is 5.69 Å². The highest BCUT2D eigenvalue weighted by atomic mass is 16.6. The molecule has 1 aromatic carbocycles. The SMILES string of the molecule is O=C1OC(c2ccccc2[N+](=O)[O-])=N/C1=C\c1ccco1. The minimum absolute atomic E-state index is 0.0260. The van der Waals surface area contributed by atoms with Crippen LogP contribution in [0.15, 0.2) is 57.8 Å². The molecule has 0 atom stereocenters. The Morgan fingerprint density at radius 3 is 2.71 bits per heavy atom. The standard InChI is InChI=1S/C14H8N2O5/c17-14-11(8-9-4-3-7-20-9)15-13(21-14)10-5-1-2-6-12(10)16(18)19/h1-8H/b11-8-. The van der Waals surface area contributed by atoms with Crippen LogP contribution in [0.5, 0.6) is 0 Å². The quantitative estimate of drug-likeness (QED) is 0.373. The van der Waals surface area contributed by atoms with E-state index in [0.717, 1.165) is 0 Å². The van der Waals surface area contributed by atoms with Crippen LogP contribution >= 0.6 is 0 Å². The van der Waals surface area contributed by atoms with Crippen LogP contribution in [-0.2, 0) is 9.53 Å². The Morgan fingerprint density at radius 1 is 1.19 bits per heavy atom. The van der Waals surface area contributed by atoms with Crippen LogP contribution < -0.4 is 0 Å². The van der Waals surface area contributed by atoms with Crippen LogP contribution in [0.1, 0.15) is 11.3 Å². The lowest BCUT2D eigenvalue weighted by atomic mass is 10.2. The first-order valence-corrected chi connectivity index (χ1v) is 5.95. The van der Waals surface area contributed by atoms with Crippen molar-refractivity contribution in [3.63, 3.8) is 0 Å². The Hall–Kier alpha value is -3.22. The smallest absolute Gasteiger partial charge is 0.363 e. The Morgan fingerprint density at radius 2 is 2.00 bits per heavy atom. The van der Waals surface area contributed by atoms with E-state index in [0.29, 0.717) is 5.76 Å². The van der Waals surface area contributed by atoms with E-state index >= 15 is 0 Å². The molecular formula is C14H8N2O5. The van der Waals surface area contributed by atoms with E-state index < -0.39 is 10.9 Å². The monoisotopic (exact) mass is 284 g/mol. The fourth-order valence-electron chi connectivity index (χ4n) is 1.85. The molecule has 0 unspecified atom stereocenters. The highest BCUT2D eigenvalue weighted by Gasteiger charge is 2.29. The summed E-state index contributed by atoms with van der Waals surface area (Å²) in [6.45, 7) is 0. The van der Waals surface area contributed by atoms with Gasteiger partial charge in [-0.1, -0.05) is 12.1 Å². The third kappa shape index (κ3) is 2.44. The molecule has 0 N–H and O–H groups in total. The summed E-state index contributed by atoms with van der Waals surface area (Å²) in [6, 6.07) is 9.24. The fourth-order valence-corrected chi connectivity index (χ4v) is 1.85. The van der Waals surface area contributed by atoms with Crippen LogP contribution in [0, 0.1) is 10.1 Å². The molecule has 0 saturated heterocycles. The number of nitrogens with zero attached hydrogens (tertiary/aromatic N) is 2. The van der Waals surface area contributed by atoms with E-state index in [1.807, 2.05) is 0 Å². The first kappa shape index (κ1) is 12.8. The van der Waals surface area contributed by atoms with E-state index in [2.05, 4.69) is 4.99 Å². The van der Waals surface area contributed by atoms with Gasteiger partial charge in [0.15, 0.2) is 5.70 Å². The summed E-state index contributed by atoms with van der Waals surface area (Å²) in [5.41, 5.74) is 0.0000875. The molecule has 0 fully saturated rings. The molecule has 0 aliphatic carbocycles. The Balaban J connectivity index is 2.02. The van der Waals surface area contributed by atoms with Crippen molar-refractivity contribution in [2.75, 3.05) is 0 Å². The molecule has 104 valence electrons. The van der Waals surface area contributed by atoms with Crippen molar-refractivity contribution in [1.29, 1.82) is 0 Å². The van der Waals surface area contributed by atoms with Crippen LogP contribution in [0.2, 0.25) is 0 Å². The Bertz CT molecular complexity index is 774. The van der Waals surface area contributed by atoms with Crippen LogP contribution in [0.3, 0.4) is 0 Å². The van der Waals surface area contributed by atoms with Crippen molar-refractivity contribution in [2.45, 2.75) is 0 Å². The number of furan rings is 1. The Labute approximate surface area is 118 Å². The second-order valence-electron chi connectivity index (χ2n) is 4.13. The van der Waals surface area contributed by atoms with Gasteiger partial charge < -0.3 is 9.15 Å². The fraction of sp³-hybridized carbons (Fsp3) is 0. The van der Waals surface area contributed by atoms with E-state index in [1.54, 1.807) is 18.2 Å². The number of hydrogen-bond acceptors (Lipinski definition) is 6. The average Bonchev–Trinajstić information content (AvgIpc) is 3.10. The minimum Gasteiger partial charge on any atom is -0.465 e. The molecule has 1 aliphatic rings. The number of esters is 1. The van der Waals surface area contributed by atoms with E-state index in [-0.39, 0.29) is 22.8 Å². The van der Waals surface area contributed by atoms with E-state index in [4.69, 9.17) is 9.15 Å². The molecule has 0 amide bonds. The van der Waals surface area contributed by atoms with Gasteiger partial charge >= 0.3 is 5.97 Å². The summed E-state index contributed by atoms with van der Waals surface area (Å²) < 4.78 is 10.1. The zero-order chi connectivity index (χ0) is 14.8. The summed E-state index contributed by atoms with van der Waals surface area (Å²) in [4.78, 5) is 26.2. The van der Waals surface area contributed by atoms with E-state index in [1.165, 1.54) is 30.5 Å². The number of carbonyl (C=O) groups is 1. The average molecular weight is 284 g/mol. The minimum atomic E-state index is -0.681. The van der Waals surface area contributed by atoms with E-state index in [9.17, 15) is 14.9 Å². The van der Waals surface area contributed by atoms with Gasteiger partial charge in [0.2, 0.25) is 5.90 Å². The van der Waals surface area contributed by atoms with Crippen molar-refractivity contribution in [3.8, 4) is 0 Å². The van der Waals surface area contributed by atoms with Gasteiger partial charge in [0, 0.05) is 12.1 Å². The molecule has 1 aliphatic heterocycles. The summed E-state index contributed by atoms with van der Waals surface area (Å²) in [5, 5.41) is 11.0. The maximum absolute atomic E-state index is 11.7. The summed E-state index contributed by atoms with van der Waals surface area (Å²) in [6.07, 6.45) is 2.86. The lowest BCUT2D eigenvalue weighted by molar-refractivity contribution is -0.385. The highest BCUT2D eigenvalue weighted by molar-refractivity contribution is 6.14. The first-order chi connectivity index (χ1) is 10.1. The molecule has 2 heterocycles. The highest BCUT2D eigenvalue weighted by Crippen LogP contribution is 2.24. The van der Waals surface area contributed by atoms with Crippen molar-refractivity contribution in [1.82, 2.24) is 0 Å². The molecule has 21 heavy (non-hydrogen) atoms. The molecular weight excluding hydrogens is 276 g/mol. The number of nitro groups is 1. The molecule has 0 spiro atoms. The zero-order valence-corrected chi connectivity index (χ0v) is 10.6. The van der Waals surface area contributed by atoms with Gasteiger partial charge in [-0.25, -0.2) is 9.79 Å². The van der Waals surface area contributed by atoms with Crippen molar-refractivity contribution in [2.24, 2.45) is 4.99 Å². The summed E-state index contributed by atoms with van der Waals surface area (Å²) in [5.74, 6) is -0.334. The van der Waals surface area contributed by atoms with Crippen molar-refractivity contribution < 1.29 is 18.9 Å². The number of cyclic esters (lactones) is 1. The lowest BCUT2D eigenvalue weighted by Crippen LogP contribution is -2.07. The molecule has 3 rings (SSSR count). The number of ether oxygens (including phenoxy) is 1. The second-order valence-corrected chi connectivity index (χ2v) is 4.13.